The average Bonchev–Trinajstić information content (AvgIpc) is 3.06. The van der Waals surface area contributed by atoms with Gasteiger partial charge in [0, 0.05) is 0 Å². The molecule has 0 amide bonds. The third-order valence-corrected chi connectivity index (χ3v) is 11.9. The summed E-state index contributed by atoms with van der Waals surface area (Å²) >= 11 is 0. The van der Waals surface area contributed by atoms with Crippen molar-refractivity contribution in [3.8, 4) is 0 Å². The second-order valence-electron chi connectivity index (χ2n) is 13.3. The zero-order valence-corrected chi connectivity index (χ0v) is 21.1. The molecule has 4 rings (SSSR count). The van der Waals surface area contributed by atoms with Gasteiger partial charge in [0.1, 0.15) is 0 Å². The third kappa shape index (κ3) is 3.82. The van der Waals surface area contributed by atoms with Crippen molar-refractivity contribution >= 4 is 0 Å². The number of rotatable bonds is 6. The first-order valence-corrected chi connectivity index (χ1v) is 13.9. The molecule has 0 aromatic heterocycles. The van der Waals surface area contributed by atoms with Crippen LogP contribution in [0.2, 0.25) is 0 Å². The smallest absolute Gasteiger partial charge is 0.0543 e. The SMILES string of the molecule is CC[C@H](CC[C@@H](C)[C@H]1CC[C@@H]2[C@@H]3CC[C@H]4C[C@@H](O)CC[C@]4(C)[C@H]3CC[C@@]21C)C(C)C. The summed E-state index contributed by atoms with van der Waals surface area (Å²) in [7, 11) is 0. The summed E-state index contributed by atoms with van der Waals surface area (Å²) < 4.78 is 0. The minimum absolute atomic E-state index is 0.0111. The Hall–Kier alpha value is -0.0400. The van der Waals surface area contributed by atoms with Crippen LogP contribution in [0.3, 0.4) is 0 Å². The molecule has 0 saturated heterocycles. The van der Waals surface area contributed by atoms with Gasteiger partial charge in [0.25, 0.3) is 0 Å². The fourth-order valence-electron chi connectivity index (χ4n) is 9.90. The lowest BCUT2D eigenvalue weighted by Crippen LogP contribution is -2.54. The largest absolute Gasteiger partial charge is 0.393 e. The summed E-state index contributed by atoms with van der Waals surface area (Å²) in [5.74, 6) is 7.34. The molecule has 1 heteroatoms. The maximum atomic E-state index is 10.3. The van der Waals surface area contributed by atoms with E-state index in [1.54, 1.807) is 0 Å². The monoisotopic (exact) mass is 416 g/mol. The Bertz CT molecular complexity index is 583. The molecule has 1 nitrogen and oxygen atoms in total. The van der Waals surface area contributed by atoms with Crippen molar-refractivity contribution in [1.29, 1.82) is 0 Å². The molecular formula is C29H52O. The fraction of sp³-hybridized carbons (Fsp3) is 1.00. The van der Waals surface area contributed by atoms with Crippen molar-refractivity contribution in [2.45, 2.75) is 125 Å². The first kappa shape index (κ1) is 23.1. The highest BCUT2D eigenvalue weighted by Gasteiger charge is 2.60. The average molecular weight is 417 g/mol. The van der Waals surface area contributed by atoms with Crippen LogP contribution in [0.4, 0.5) is 0 Å². The number of aliphatic hydroxyl groups is 1. The molecule has 4 aliphatic carbocycles. The second-order valence-corrected chi connectivity index (χ2v) is 13.3. The molecule has 0 spiro atoms. The van der Waals surface area contributed by atoms with Gasteiger partial charge in [-0.3, -0.25) is 0 Å². The number of aliphatic hydroxyl groups excluding tert-OH is 1. The van der Waals surface area contributed by atoms with Crippen LogP contribution in [0.15, 0.2) is 0 Å². The fourth-order valence-corrected chi connectivity index (χ4v) is 9.90. The quantitative estimate of drug-likeness (QED) is 0.463. The van der Waals surface area contributed by atoms with Crippen molar-refractivity contribution in [2.75, 3.05) is 0 Å². The van der Waals surface area contributed by atoms with E-state index in [4.69, 9.17) is 0 Å². The predicted octanol–water partition coefficient (Wildman–Crippen LogP) is 8.10. The van der Waals surface area contributed by atoms with E-state index in [0.717, 1.165) is 60.2 Å². The molecule has 0 radical (unpaired) electrons. The van der Waals surface area contributed by atoms with E-state index in [0.29, 0.717) is 10.8 Å². The summed E-state index contributed by atoms with van der Waals surface area (Å²) in [6.07, 6.45) is 16.5. The van der Waals surface area contributed by atoms with Gasteiger partial charge in [-0.05, 0) is 122 Å². The molecule has 0 aromatic carbocycles. The van der Waals surface area contributed by atoms with Crippen LogP contribution in [0, 0.1) is 58.2 Å². The summed E-state index contributed by atoms with van der Waals surface area (Å²) in [4.78, 5) is 0. The van der Waals surface area contributed by atoms with Crippen LogP contribution < -0.4 is 0 Å². The van der Waals surface area contributed by atoms with Gasteiger partial charge < -0.3 is 5.11 Å². The van der Waals surface area contributed by atoms with E-state index in [2.05, 4.69) is 41.5 Å². The molecule has 0 unspecified atom stereocenters. The second kappa shape index (κ2) is 8.72. The molecule has 174 valence electrons. The Morgan fingerprint density at radius 2 is 1.53 bits per heavy atom. The van der Waals surface area contributed by atoms with Gasteiger partial charge in [-0.1, -0.05) is 54.4 Å². The van der Waals surface area contributed by atoms with Crippen LogP contribution >= 0.6 is 0 Å². The molecule has 0 aliphatic heterocycles. The highest BCUT2D eigenvalue weighted by molar-refractivity contribution is 5.09. The van der Waals surface area contributed by atoms with Crippen molar-refractivity contribution in [1.82, 2.24) is 0 Å². The van der Waals surface area contributed by atoms with E-state index >= 15 is 0 Å². The van der Waals surface area contributed by atoms with E-state index in [-0.39, 0.29) is 6.10 Å². The maximum absolute atomic E-state index is 10.3. The molecule has 4 fully saturated rings. The number of hydrogen-bond acceptors (Lipinski definition) is 1. The molecule has 4 saturated carbocycles. The summed E-state index contributed by atoms with van der Waals surface area (Å²) in [5, 5.41) is 10.3. The van der Waals surface area contributed by atoms with Gasteiger partial charge >= 0.3 is 0 Å². The Balaban J connectivity index is 1.45. The molecule has 0 aromatic rings. The van der Waals surface area contributed by atoms with E-state index in [1.165, 1.54) is 64.2 Å². The summed E-state index contributed by atoms with van der Waals surface area (Å²) in [6, 6.07) is 0. The summed E-state index contributed by atoms with van der Waals surface area (Å²) in [6.45, 7) is 15.2. The van der Waals surface area contributed by atoms with Crippen molar-refractivity contribution in [3.63, 3.8) is 0 Å². The van der Waals surface area contributed by atoms with Crippen LogP contribution in [0.1, 0.15) is 119 Å². The Labute approximate surface area is 188 Å². The molecule has 4 aliphatic rings. The van der Waals surface area contributed by atoms with E-state index in [9.17, 15) is 5.11 Å². The lowest BCUT2D eigenvalue weighted by atomic mass is 9.44. The zero-order valence-electron chi connectivity index (χ0n) is 21.1. The molecule has 0 heterocycles. The van der Waals surface area contributed by atoms with Gasteiger partial charge in [-0.2, -0.15) is 0 Å². The molecule has 10 atom stereocenters. The van der Waals surface area contributed by atoms with Gasteiger partial charge in [0.05, 0.1) is 6.10 Å². The zero-order chi connectivity index (χ0) is 21.7. The van der Waals surface area contributed by atoms with Crippen molar-refractivity contribution < 1.29 is 5.11 Å². The Kier molecular flexibility index (Phi) is 6.72. The predicted molar refractivity (Wildman–Crippen MR) is 128 cm³/mol. The topological polar surface area (TPSA) is 20.2 Å². The van der Waals surface area contributed by atoms with Crippen LogP contribution in [0.25, 0.3) is 0 Å². The van der Waals surface area contributed by atoms with Gasteiger partial charge in [-0.15, -0.1) is 0 Å². The maximum Gasteiger partial charge on any atom is 0.0543 e. The van der Waals surface area contributed by atoms with Gasteiger partial charge in [0.15, 0.2) is 0 Å². The van der Waals surface area contributed by atoms with Gasteiger partial charge in [-0.25, -0.2) is 0 Å². The highest BCUT2D eigenvalue weighted by atomic mass is 16.3. The summed E-state index contributed by atoms with van der Waals surface area (Å²) in [5.41, 5.74) is 1.14. The molecule has 1 N–H and O–H groups in total. The van der Waals surface area contributed by atoms with Crippen LogP contribution in [-0.4, -0.2) is 11.2 Å². The number of hydrogen-bond donors (Lipinski definition) is 1. The molecular weight excluding hydrogens is 364 g/mol. The van der Waals surface area contributed by atoms with Crippen LogP contribution in [-0.2, 0) is 0 Å². The Morgan fingerprint density at radius 3 is 2.23 bits per heavy atom. The first-order valence-electron chi connectivity index (χ1n) is 13.9. The standard InChI is InChI=1S/C29H52O/c1-7-21(19(2)3)9-8-20(4)25-12-13-26-24-11-10-22-18-23(30)14-16-28(22,5)27(24)15-17-29(25,26)6/h19-27,30H,7-18H2,1-6H3/t20-,21-,22+,23+,24+,25-,26-,27+,28+,29-/m1/s1. The third-order valence-electron chi connectivity index (χ3n) is 11.9. The van der Waals surface area contributed by atoms with E-state index in [1.807, 2.05) is 0 Å². The van der Waals surface area contributed by atoms with Crippen molar-refractivity contribution in [2.24, 2.45) is 58.2 Å². The van der Waals surface area contributed by atoms with E-state index < -0.39 is 0 Å². The lowest BCUT2D eigenvalue weighted by molar-refractivity contribution is -0.129. The number of fused-ring (bicyclic) bond motifs is 5. The molecule has 30 heavy (non-hydrogen) atoms. The normalized spacial score (nSPS) is 48.0. The Morgan fingerprint density at radius 1 is 0.833 bits per heavy atom. The van der Waals surface area contributed by atoms with Crippen LogP contribution in [0.5, 0.6) is 0 Å². The minimum Gasteiger partial charge on any atom is -0.393 e. The minimum atomic E-state index is -0.0111. The lowest BCUT2D eigenvalue weighted by Gasteiger charge is -2.61. The first-order chi connectivity index (χ1) is 14.2. The van der Waals surface area contributed by atoms with Crippen molar-refractivity contribution in [3.05, 3.63) is 0 Å². The highest BCUT2D eigenvalue weighted by Crippen LogP contribution is 2.68. The molecule has 0 bridgehead atoms. The van der Waals surface area contributed by atoms with Gasteiger partial charge in [0.2, 0.25) is 0 Å².